The molecule has 0 aliphatic carbocycles. The fraction of sp³-hybridized carbons (Fsp3) is 0.633. The first-order valence-corrected chi connectivity index (χ1v) is 28.8. The highest BCUT2D eigenvalue weighted by molar-refractivity contribution is 7.47. The molecule has 2 unspecified atom stereocenters. The summed E-state index contributed by atoms with van der Waals surface area (Å²) in [7, 11) is 1.42. The molecule has 9 nitrogen and oxygen atoms in total. The fourth-order valence-electron chi connectivity index (χ4n) is 6.77. The number of likely N-dealkylation sites (N-methyl/N-ethyl adjacent to an activating group) is 1. The summed E-state index contributed by atoms with van der Waals surface area (Å²) in [6.07, 6.45) is 71.2. The van der Waals surface area contributed by atoms with E-state index in [-0.39, 0.29) is 26.1 Å². The van der Waals surface area contributed by atoms with Gasteiger partial charge in [-0.3, -0.25) is 18.6 Å². The van der Waals surface area contributed by atoms with Crippen LogP contribution in [-0.2, 0) is 32.7 Å². The van der Waals surface area contributed by atoms with Gasteiger partial charge in [-0.2, -0.15) is 0 Å². The van der Waals surface area contributed by atoms with E-state index < -0.39 is 32.5 Å². The second kappa shape index (κ2) is 50.4. The van der Waals surface area contributed by atoms with Gasteiger partial charge >= 0.3 is 19.8 Å². The number of carbonyl (C=O) groups excluding carboxylic acids is 2. The molecule has 0 rings (SSSR count). The van der Waals surface area contributed by atoms with Crippen LogP contribution in [0.4, 0.5) is 0 Å². The molecule has 0 aromatic heterocycles. The molecule has 0 aromatic carbocycles. The average Bonchev–Trinajstić information content (AvgIpc) is 3.32. The first-order valence-electron chi connectivity index (χ1n) is 27.3. The highest BCUT2D eigenvalue weighted by Crippen LogP contribution is 2.43. The summed E-state index contributed by atoms with van der Waals surface area (Å²) in [5, 5.41) is 0. The largest absolute Gasteiger partial charge is 0.472 e. The molecule has 0 radical (unpaired) electrons. The number of carbonyl (C=O) groups is 2. The van der Waals surface area contributed by atoms with Crippen molar-refractivity contribution in [3.63, 3.8) is 0 Å². The minimum Gasteiger partial charge on any atom is -0.462 e. The Morgan fingerprint density at radius 1 is 0.457 bits per heavy atom. The number of hydrogen-bond acceptors (Lipinski definition) is 7. The Bertz CT molecular complexity index is 1590. The molecule has 0 spiro atoms. The number of rotatable bonds is 48. The van der Waals surface area contributed by atoms with Crippen molar-refractivity contribution in [1.82, 2.24) is 0 Å². The van der Waals surface area contributed by atoms with Gasteiger partial charge in [-0.15, -0.1) is 0 Å². The Hall–Kier alpha value is -3.59. The zero-order valence-corrected chi connectivity index (χ0v) is 45.8. The highest BCUT2D eigenvalue weighted by Gasteiger charge is 2.27. The van der Waals surface area contributed by atoms with Crippen molar-refractivity contribution in [3.8, 4) is 0 Å². The molecule has 0 amide bonds. The first-order chi connectivity index (χ1) is 34.0. The molecule has 0 aliphatic rings. The van der Waals surface area contributed by atoms with Crippen LogP contribution in [0, 0.1) is 0 Å². The fourth-order valence-corrected chi connectivity index (χ4v) is 7.52. The lowest BCUT2D eigenvalue weighted by Crippen LogP contribution is -2.37. The second-order valence-electron chi connectivity index (χ2n) is 18.9. The molecule has 398 valence electrons. The zero-order valence-electron chi connectivity index (χ0n) is 45.0. The van der Waals surface area contributed by atoms with Crippen LogP contribution in [0.25, 0.3) is 0 Å². The molecule has 2 atom stereocenters. The van der Waals surface area contributed by atoms with Crippen molar-refractivity contribution >= 4 is 19.8 Å². The molecule has 0 bridgehead atoms. The van der Waals surface area contributed by atoms with Crippen LogP contribution in [0.5, 0.6) is 0 Å². The molecule has 0 aromatic rings. The molecule has 0 aliphatic heterocycles. The maximum Gasteiger partial charge on any atom is 0.472 e. The van der Waals surface area contributed by atoms with Crippen molar-refractivity contribution in [3.05, 3.63) is 122 Å². The van der Waals surface area contributed by atoms with E-state index in [0.717, 1.165) is 83.5 Å². The quantitative estimate of drug-likeness (QED) is 0.0211. The van der Waals surface area contributed by atoms with Gasteiger partial charge < -0.3 is 18.9 Å². The summed E-state index contributed by atoms with van der Waals surface area (Å²) in [6, 6.07) is 0. The number of esters is 2. The summed E-state index contributed by atoms with van der Waals surface area (Å²) in [6.45, 7) is 4.21. The van der Waals surface area contributed by atoms with Crippen molar-refractivity contribution < 1.29 is 42.1 Å². The maximum absolute atomic E-state index is 12.8. The van der Waals surface area contributed by atoms with Gasteiger partial charge in [0.05, 0.1) is 27.7 Å². The summed E-state index contributed by atoms with van der Waals surface area (Å²) in [5.41, 5.74) is 0. The smallest absolute Gasteiger partial charge is 0.462 e. The van der Waals surface area contributed by atoms with Crippen LogP contribution in [0.1, 0.15) is 194 Å². The molecule has 1 N–H and O–H groups in total. The lowest BCUT2D eigenvalue weighted by molar-refractivity contribution is -0.870. The topological polar surface area (TPSA) is 108 Å². The maximum atomic E-state index is 12.8. The average molecular weight is 995 g/mol. The van der Waals surface area contributed by atoms with E-state index in [1.54, 1.807) is 0 Å². The van der Waals surface area contributed by atoms with E-state index in [2.05, 4.69) is 129 Å². The van der Waals surface area contributed by atoms with Crippen LogP contribution in [0.3, 0.4) is 0 Å². The van der Waals surface area contributed by atoms with E-state index in [1.165, 1.54) is 64.2 Å². The number of ether oxygens (including phenoxy) is 2. The van der Waals surface area contributed by atoms with Gasteiger partial charge in [0.25, 0.3) is 0 Å². The molecule has 0 fully saturated rings. The van der Waals surface area contributed by atoms with E-state index >= 15 is 0 Å². The number of hydrogen-bond donors (Lipinski definition) is 1. The van der Waals surface area contributed by atoms with Gasteiger partial charge in [0.1, 0.15) is 19.8 Å². The lowest BCUT2D eigenvalue weighted by atomic mass is 10.1. The second-order valence-corrected chi connectivity index (χ2v) is 20.3. The Balaban J connectivity index is 4.37. The van der Waals surface area contributed by atoms with E-state index in [0.29, 0.717) is 30.3 Å². The predicted molar refractivity (Wildman–Crippen MR) is 297 cm³/mol. The van der Waals surface area contributed by atoms with Gasteiger partial charge in [0, 0.05) is 12.8 Å². The van der Waals surface area contributed by atoms with Gasteiger partial charge in [-0.25, -0.2) is 4.57 Å². The summed E-state index contributed by atoms with van der Waals surface area (Å²) in [5.74, 6) is -0.885. The monoisotopic (exact) mass is 995 g/mol. The van der Waals surface area contributed by atoms with Crippen molar-refractivity contribution in [2.75, 3.05) is 47.5 Å². The van der Waals surface area contributed by atoms with E-state index in [4.69, 9.17) is 18.5 Å². The van der Waals surface area contributed by atoms with Crippen LogP contribution in [0.2, 0.25) is 0 Å². The van der Waals surface area contributed by atoms with E-state index in [1.807, 2.05) is 27.2 Å². The molecular formula is C60H101NO8P+. The first kappa shape index (κ1) is 66.4. The minimum absolute atomic E-state index is 0.0121. The third-order valence-electron chi connectivity index (χ3n) is 11.0. The van der Waals surface area contributed by atoms with Crippen LogP contribution in [-0.4, -0.2) is 74.9 Å². The van der Waals surface area contributed by atoms with Crippen molar-refractivity contribution in [2.24, 2.45) is 0 Å². The normalized spacial score (nSPS) is 14.3. The van der Waals surface area contributed by atoms with Gasteiger partial charge in [0.15, 0.2) is 6.10 Å². The Kier molecular flexibility index (Phi) is 47.8. The predicted octanol–water partition coefficient (Wildman–Crippen LogP) is 16.8. The number of phosphoric ester groups is 1. The Morgan fingerprint density at radius 2 is 0.829 bits per heavy atom. The third-order valence-corrected chi connectivity index (χ3v) is 12.0. The summed E-state index contributed by atoms with van der Waals surface area (Å²) >= 11 is 0. The molecule has 70 heavy (non-hydrogen) atoms. The van der Waals surface area contributed by atoms with Gasteiger partial charge in [0.2, 0.25) is 0 Å². The summed E-state index contributed by atoms with van der Waals surface area (Å²) < 4.78 is 34.4. The molecule has 0 saturated heterocycles. The number of nitrogens with zero attached hydrogens (tertiary/aromatic N) is 1. The van der Waals surface area contributed by atoms with Gasteiger partial charge in [-0.05, 0) is 103 Å². The molecule has 0 saturated carbocycles. The molecular weight excluding hydrogens is 894 g/mol. The van der Waals surface area contributed by atoms with Crippen LogP contribution >= 0.6 is 7.82 Å². The zero-order chi connectivity index (χ0) is 51.3. The molecule has 0 heterocycles. The number of unbranched alkanes of at least 4 members (excludes halogenated alkanes) is 14. The standard InChI is InChI=1S/C60H100NO8P/c1-6-8-10-12-14-16-18-20-22-24-26-28-30-32-34-36-38-40-42-44-46-48-50-52-59(62)66-56-58(57-68-70(64,65)67-55-54-61(3,4)5)69-60(63)53-51-49-47-45-43-41-39-37-35-33-31-29-27-25-23-21-19-17-15-13-11-9-7-2/h9,11,15,17-18,20-21,23-24,26-27,29-30,32-33,35,39,41,45,47,58H,6-8,10,12-14,16,19,22,25,28,31,34,36-38,40,42-44,46,48-57H2,1-5H3/p+1/b11-9-,17-15-,20-18-,23-21-,26-24-,29-27-,32-30-,35-33-,41-39-,47-45-. The highest BCUT2D eigenvalue weighted by atomic mass is 31.2. The van der Waals surface area contributed by atoms with E-state index in [9.17, 15) is 19.0 Å². The SMILES string of the molecule is CC/C=C\C/C=C\C/C=C\C/C=C\C/C=C\C/C=C\C/C=C\CCCC(=O)OC(COC(=O)CCCCCCCCCC/C=C\C/C=C\C/C=C\CCCCCCC)COP(=O)(O)OCC[N+](C)(C)C. The number of allylic oxidation sites excluding steroid dienone is 20. The summed E-state index contributed by atoms with van der Waals surface area (Å²) in [4.78, 5) is 35.6. The number of quaternary nitrogens is 1. The minimum atomic E-state index is -4.41. The Labute approximate surface area is 428 Å². The third kappa shape index (κ3) is 53.8. The van der Waals surface area contributed by atoms with Crippen LogP contribution < -0.4 is 0 Å². The number of phosphoric acid groups is 1. The Morgan fingerprint density at radius 3 is 1.26 bits per heavy atom. The van der Waals surface area contributed by atoms with Crippen molar-refractivity contribution in [2.45, 2.75) is 200 Å². The lowest BCUT2D eigenvalue weighted by Gasteiger charge is -2.24. The van der Waals surface area contributed by atoms with Crippen molar-refractivity contribution in [1.29, 1.82) is 0 Å². The van der Waals surface area contributed by atoms with Gasteiger partial charge in [-0.1, -0.05) is 200 Å². The molecule has 10 heteroatoms. The van der Waals surface area contributed by atoms with Crippen LogP contribution in [0.15, 0.2) is 122 Å².